The number of carbonyl (C=O) groups excluding carboxylic acids is 2. The minimum absolute atomic E-state index is 0.00529. The zero-order chi connectivity index (χ0) is 32.4. The lowest BCUT2D eigenvalue weighted by molar-refractivity contribution is -0.139. The molecule has 4 aromatic carbocycles. The predicted octanol–water partition coefficient (Wildman–Crippen LogP) is 4.81. The third-order valence-electron chi connectivity index (χ3n) is 7.12. The fraction of sp³-hybridized carbons (Fsp3) is 0.235. The Morgan fingerprint density at radius 2 is 1.53 bits per heavy atom. The molecule has 2 amide bonds. The van der Waals surface area contributed by atoms with Crippen molar-refractivity contribution in [1.82, 2.24) is 10.2 Å². The highest BCUT2D eigenvalue weighted by atomic mass is 32.2. The number of anilines is 1. The molecule has 236 valence electrons. The van der Waals surface area contributed by atoms with E-state index in [1.165, 1.54) is 31.2 Å². The summed E-state index contributed by atoms with van der Waals surface area (Å²) in [5, 5.41) is 2.65. The molecule has 0 radical (unpaired) electrons. The number of hydrogen-bond acceptors (Lipinski definition) is 6. The number of likely N-dealkylation sites (N-methyl/N-ethyl adjacent to an activating group) is 1. The fourth-order valence-electron chi connectivity index (χ4n) is 4.83. The average Bonchev–Trinajstić information content (AvgIpc) is 3.06. The van der Waals surface area contributed by atoms with Crippen LogP contribution in [0.25, 0.3) is 0 Å². The van der Waals surface area contributed by atoms with Crippen LogP contribution >= 0.6 is 0 Å². The number of hydrogen-bond donors (Lipinski definition) is 1. The largest absolute Gasteiger partial charge is 0.497 e. The SMILES string of the molecule is CCOc1ccc(N(CC(=O)N(Cc2cccc(OC)c2)C(Cc2ccccc2)C(=O)NC)S(=O)(=O)c2ccc(F)cc2)cc1. The van der Waals surface area contributed by atoms with Crippen LogP contribution in [0.4, 0.5) is 10.1 Å². The number of carbonyl (C=O) groups is 2. The Morgan fingerprint density at radius 3 is 2.16 bits per heavy atom. The van der Waals surface area contributed by atoms with E-state index in [2.05, 4.69) is 5.32 Å². The molecule has 0 aliphatic heterocycles. The lowest BCUT2D eigenvalue weighted by Crippen LogP contribution is -2.53. The van der Waals surface area contributed by atoms with Gasteiger partial charge in [0, 0.05) is 20.0 Å². The van der Waals surface area contributed by atoms with Gasteiger partial charge >= 0.3 is 0 Å². The highest BCUT2D eigenvalue weighted by Gasteiger charge is 2.34. The maximum absolute atomic E-state index is 14.4. The molecule has 45 heavy (non-hydrogen) atoms. The molecule has 1 N–H and O–H groups in total. The van der Waals surface area contributed by atoms with E-state index < -0.39 is 40.2 Å². The molecule has 0 saturated carbocycles. The summed E-state index contributed by atoms with van der Waals surface area (Å²) in [7, 11) is -1.35. The number of nitrogens with zero attached hydrogens (tertiary/aromatic N) is 2. The van der Waals surface area contributed by atoms with E-state index in [0.29, 0.717) is 23.7 Å². The van der Waals surface area contributed by atoms with Gasteiger partial charge in [-0.25, -0.2) is 12.8 Å². The summed E-state index contributed by atoms with van der Waals surface area (Å²) in [6.45, 7) is 1.60. The van der Waals surface area contributed by atoms with Crippen LogP contribution in [0.5, 0.6) is 11.5 Å². The monoisotopic (exact) mass is 633 g/mol. The molecule has 0 aliphatic carbocycles. The quantitative estimate of drug-likeness (QED) is 0.214. The zero-order valence-corrected chi connectivity index (χ0v) is 26.2. The summed E-state index contributed by atoms with van der Waals surface area (Å²) in [6.07, 6.45) is 0.185. The molecule has 9 nitrogen and oxygen atoms in total. The Hall–Kier alpha value is -4.90. The molecule has 0 spiro atoms. The van der Waals surface area contributed by atoms with Crippen LogP contribution in [0, 0.1) is 5.82 Å². The van der Waals surface area contributed by atoms with Gasteiger partial charge in [-0.2, -0.15) is 0 Å². The van der Waals surface area contributed by atoms with Gasteiger partial charge in [0.25, 0.3) is 10.0 Å². The van der Waals surface area contributed by atoms with Crippen molar-refractivity contribution in [2.75, 3.05) is 31.6 Å². The fourth-order valence-corrected chi connectivity index (χ4v) is 6.24. The molecule has 11 heteroatoms. The topological polar surface area (TPSA) is 105 Å². The Kier molecular flexibility index (Phi) is 11.2. The Labute approximate surface area is 263 Å². The highest BCUT2D eigenvalue weighted by Crippen LogP contribution is 2.27. The van der Waals surface area contributed by atoms with Crippen molar-refractivity contribution in [2.24, 2.45) is 0 Å². The number of nitrogens with one attached hydrogen (secondary N) is 1. The maximum Gasteiger partial charge on any atom is 0.264 e. The first-order valence-electron chi connectivity index (χ1n) is 14.3. The first-order chi connectivity index (χ1) is 21.7. The second-order valence-electron chi connectivity index (χ2n) is 10.1. The number of amides is 2. The summed E-state index contributed by atoms with van der Waals surface area (Å²) < 4.78 is 53.6. The van der Waals surface area contributed by atoms with Crippen molar-refractivity contribution < 1.29 is 31.9 Å². The van der Waals surface area contributed by atoms with E-state index >= 15 is 0 Å². The summed E-state index contributed by atoms with van der Waals surface area (Å²) in [5.41, 5.74) is 1.69. The van der Waals surface area contributed by atoms with Gasteiger partial charge in [-0.3, -0.25) is 13.9 Å². The molecule has 1 atom stereocenters. The first kappa shape index (κ1) is 33.0. The second-order valence-corrected chi connectivity index (χ2v) is 11.9. The van der Waals surface area contributed by atoms with Crippen molar-refractivity contribution in [1.29, 1.82) is 0 Å². The Bertz CT molecular complexity index is 1680. The van der Waals surface area contributed by atoms with Gasteiger partial charge in [-0.15, -0.1) is 0 Å². The van der Waals surface area contributed by atoms with Crippen LogP contribution in [-0.4, -0.2) is 58.5 Å². The van der Waals surface area contributed by atoms with Crippen LogP contribution in [0.2, 0.25) is 0 Å². The molecule has 0 saturated heterocycles. The molecule has 0 aliphatic rings. The van der Waals surface area contributed by atoms with Crippen LogP contribution in [0.1, 0.15) is 18.1 Å². The van der Waals surface area contributed by atoms with Crippen molar-refractivity contribution >= 4 is 27.5 Å². The number of rotatable bonds is 14. The first-order valence-corrected chi connectivity index (χ1v) is 15.8. The molecule has 4 rings (SSSR count). The molecular weight excluding hydrogens is 597 g/mol. The van der Waals surface area contributed by atoms with Crippen molar-refractivity contribution in [2.45, 2.75) is 30.8 Å². The van der Waals surface area contributed by atoms with Crippen LogP contribution in [-0.2, 0) is 32.6 Å². The van der Waals surface area contributed by atoms with E-state index in [0.717, 1.165) is 34.1 Å². The minimum atomic E-state index is -4.36. The average molecular weight is 634 g/mol. The number of ether oxygens (including phenoxy) is 2. The maximum atomic E-state index is 14.4. The molecular formula is C34H36FN3O6S. The minimum Gasteiger partial charge on any atom is -0.497 e. The third-order valence-corrected chi connectivity index (χ3v) is 8.91. The van der Waals surface area contributed by atoms with Crippen molar-refractivity contribution in [3.63, 3.8) is 0 Å². The van der Waals surface area contributed by atoms with Gasteiger partial charge in [-0.1, -0.05) is 42.5 Å². The second kappa shape index (κ2) is 15.2. The smallest absolute Gasteiger partial charge is 0.264 e. The zero-order valence-electron chi connectivity index (χ0n) is 25.4. The molecule has 0 aromatic heterocycles. The molecule has 0 bridgehead atoms. The van der Waals surface area contributed by atoms with E-state index in [9.17, 15) is 22.4 Å². The van der Waals surface area contributed by atoms with E-state index in [-0.39, 0.29) is 23.5 Å². The lowest BCUT2D eigenvalue weighted by Gasteiger charge is -2.33. The Morgan fingerprint density at radius 1 is 0.867 bits per heavy atom. The number of sulfonamides is 1. The highest BCUT2D eigenvalue weighted by molar-refractivity contribution is 7.92. The number of benzene rings is 4. The van der Waals surface area contributed by atoms with Crippen molar-refractivity contribution in [3.8, 4) is 11.5 Å². The van der Waals surface area contributed by atoms with Crippen LogP contribution in [0.15, 0.2) is 108 Å². The van der Waals surface area contributed by atoms with Gasteiger partial charge < -0.3 is 19.7 Å². The molecule has 0 fully saturated rings. The van der Waals surface area contributed by atoms with Crippen molar-refractivity contribution in [3.05, 3.63) is 120 Å². The van der Waals surface area contributed by atoms with E-state index in [4.69, 9.17) is 9.47 Å². The third kappa shape index (κ3) is 8.39. The predicted molar refractivity (Wildman–Crippen MR) is 170 cm³/mol. The molecule has 4 aromatic rings. The molecule has 1 unspecified atom stereocenters. The van der Waals surface area contributed by atoms with Gasteiger partial charge in [0.05, 0.1) is 24.3 Å². The van der Waals surface area contributed by atoms with Crippen LogP contribution in [0.3, 0.4) is 0 Å². The number of halogens is 1. The molecule has 0 heterocycles. The van der Waals surface area contributed by atoms with Gasteiger partial charge in [0.15, 0.2) is 0 Å². The van der Waals surface area contributed by atoms with Gasteiger partial charge in [0.2, 0.25) is 11.8 Å². The van der Waals surface area contributed by atoms with Crippen LogP contribution < -0.4 is 19.1 Å². The normalized spacial score (nSPS) is 11.7. The summed E-state index contributed by atoms with van der Waals surface area (Å²) in [5.74, 6) is -0.550. The lowest BCUT2D eigenvalue weighted by atomic mass is 10.0. The standard InChI is InChI=1S/C34H36FN3O6S/c1-4-44-29-17-15-28(16-18-29)38(45(41,42)31-19-13-27(35)14-20-31)24-33(39)37(23-26-11-8-12-30(21-26)43-3)32(34(40)36-2)22-25-9-6-5-7-10-25/h5-21,32H,4,22-24H2,1-3H3,(H,36,40). The Balaban J connectivity index is 1.79. The van der Waals surface area contributed by atoms with E-state index in [1.807, 2.05) is 37.3 Å². The number of methoxy groups -OCH3 is 1. The summed E-state index contributed by atoms with van der Waals surface area (Å²) >= 11 is 0. The van der Waals surface area contributed by atoms with E-state index in [1.54, 1.807) is 36.4 Å². The van der Waals surface area contributed by atoms with Gasteiger partial charge in [0.1, 0.15) is 29.9 Å². The van der Waals surface area contributed by atoms with Gasteiger partial charge in [-0.05, 0) is 78.7 Å². The summed E-state index contributed by atoms with van der Waals surface area (Å²) in [4.78, 5) is 28.9. The summed E-state index contributed by atoms with van der Waals surface area (Å²) in [6, 6.07) is 26.0.